The van der Waals surface area contributed by atoms with Crippen LogP contribution in [-0.4, -0.2) is 50.6 Å². The molecule has 3 aromatic rings. The molecule has 1 saturated heterocycles. The van der Waals surface area contributed by atoms with Crippen LogP contribution in [0, 0.1) is 11.8 Å². The molecule has 1 aliphatic heterocycles. The van der Waals surface area contributed by atoms with Crippen molar-refractivity contribution >= 4 is 16.9 Å². The topological polar surface area (TPSA) is 58.9 Å². The number of hydrogen-bond donors (Lipinski definition) is 1. The largest absolute Gasteiger partial charge is 0.354 e. The molecule has 1 fully saturated rings. The lowest BCUT2D eigenvalue weighted by Gasteiger charge is -2.33. The van der Waals surface area contributed by atoms with E-state index in [4.69, 9.17) is 4.98 Å². The van der Waals surface area contributed by atoms with Crippen molar-refractivity contribution in [2.45, 2.75) is 46.6 Å². The van der Waals surface area contributed by atoms with Crippen LogP contribution in [-0.2, 0) is 0 Å². The molecule has 0 aromatic carbocycles. The third-order valence-corrected chi connectivity index (χ3v) is 6.00. The zero-order valence-corrected chi connectivity index (χ0v) is 18.7. The van der Waals surface area contributed by atoms with Crippen molar-refractivity contribution in [2.24, 2.45) is 11.8 Å². The number of rotatable bonds is 7. The van der Waals surface area contributed by atoms with Gasteiger partial charge >= 0.3 is 0 Å². The summed E-state index contributed by atoms with van der Waals surface area (Å²) >= 11 is 0. The number of nitrogens with zero attached hydrogens (tertiary/aromatic N) is 5. The van der Waals surface area contributed by atoms with E-state index in [1.807, 2.05) is 24.7 Å². The molecule has 1 N–H and O–H groups in total. The Kier molecular flexibility index (Phi) is 6.32. The van der Waals surface area contributed by atoms with E-state index in [1.165, 1.54) is 37.9 Å². The van der Waals surface area contributed by atoms with Gasteiger partial charge in [-0.1, -0.05) is 13.8 Å². The van der Waals surface area contributed by atoms with Gasteiger partial charge < -0.3 is 14.8 Å². The van der Waals surface area contributed by atoms with E-state index in [1.54, 1.807) is 0 Å². The SMILES string of the molecule is CC(C)CN1CCC(CNc2nccc(-c3cn(C(C)C)c4cnccc34)n2)CC1. The van der Waals surface area contributed by atoms with Gasteiger partial charge in [0.2, 0.25) is 5.95 Å². The second-order valence-corrected chi connectivity index (χ2v) is 9.22. The highest BCUT2D eigenvalue weighted by Gasteiger charge is 2.20. The Balaban J connectivity index is 1.45. The van der Waals surface area contributed by atoms with Crippen LogP contribution in [0.4, 0.5) is 5.95 Å². The summed E-state index contributed by atoms with van der Waals surface area (Å²) in [6.07, 6.45) is 10.3. The molecule has 0 unspecified atom stereocenters. The maximum atomic E-state index is 4.84. The second kappa shape index (κ2) is 9.13. The van der Waals surface area contributed by atoms with Gasteiger partial charge in [0.15, 0.2) is 0 Å². The lowest BCUT2D eigenvalue weighted by atomic mass is 9.96. The zero-order chi connectivity index (χ0) is 21.1. The maximum absolute atomic E-state index is 4.84. The number of fused-ring (bicyclic) bond motifs is 1. The number of aromatic nitrogens is 4. The minimum Gasteiger partial charge on any atom is -0.354 e. The molecule has 0 saturated carbocycles. The summed E-state index contributed by atoms with van der Waals surface area (Å²) in [6, 6.07) is 4.44. The summed E-state index contributed by atoms with van der Waals surface area (Å²) < 4.78 is 2.26. The lowest BCUT2D eigenvalue weighted by Crippen LogP contribution is -2.37. The number of hydrogen-bond acceptors (Lipinski definition) is 5. The van der Waals surface area contributed by atoms with Crippen LogP contribution < -0.4 is 5.32 Å². The van der Waals surface area contributed by atoms with Crippen LogP contribution in [0.25, 0.3) is 22.2 Å². The third kappa shape index (κ3) is 4.64. The molecule has 0 spiro atoms. The van der Waals surface area contributed by atoms with E-state index in [2.05, 4.69) is 64.7 Å². The highest BCUT2D eigenvalue weighted by molar-refractivity contribution is 5.94. The first-order valence-corrected chi connectivity index (χ1v) is 11.3. The smallest absolute Gasteiger partial charge is 0.223 e. The number of nitrogens with one attached hydrogen (secondary N) is 1. The average Bonchev–Trinajstić information content (AvgIpc) is 3.13. The first kappa shape index (κ1) is 20.8. The number of piperidine rings is 1. The van der Waals surface area contributed by atoms with E-state index in [0.717, 1.165) is 35.2 Å². The van der Waals surface area contributed by atoms with Gasteiger partial charge in [-0.3, -0.25) is 4.98 Å². The van der Waals surface area contributed by atoms with Gasteiger partial charge in [-0.15, -0.1) is 0 Å². The van der Waals surface area contributed by atoms with Crippen LogP contribution in [0.2, 0.25) is 0 Å². The Morgan fingerprint density at radius 3 is 2.63 bits per heavy atom. The minimum atomic E-state index is 0.367. The van der Waals surface area contributed by atoms with Crippen molar-refractivity contribution in [1.82, 2.24) is 24.4 Å². The van der Waals surface area contributed by atoms with Gasteiger partial charge in [-0.2, -0.15) is 0 Å². The van der Waals surface area contributed by atoms with Gasteiger partial charge in [-0.25, -0.2) is 9.97 Å². The molecule has 0 amide bonds. The summed E-state index contributed by atoms with van der Waals surface area (Å²) in [5, 5.41) is 4.68. The average molecular weight is 407 g/mol. The van der Waals surface area contributed by atoms with Gasteiger partial charge in [0.1, 0.15) is 0 Å². The Morgan fingerprint density at radius 2 is 1.90 bits per heavy atom. The summed E-state index contributed by atoms with van der Waals surface area (Å²) in [7, 11) is 0. The summed E-state index contributed by atoms with van der Waals surface area (Å²) in [4.78, 5) is 16.2. The quantitative estimate of drug-likeness (QED) is 0.607. The van der Waals surface area contributed by atoms with Crippen molar-refractivity contribution in [2.75, 3.05) is 31.5 Å². The van der Waals surface area contributed by atoms with Crippen LogP contribution >= 0.6 is 0 Å². The van der Waals surface area contributed by atoms with Crippen LogP contribution in [0.1, 0.15) is 46.6 Å². The Bertz CT molecular complexity index is 969. The highest BCUT2D eigenvalue weighted by Crippen LogP contribution is 2.31. The molecule has 6 heteroatoms. The van der Waals surface area contributed by atoms with Gasteiger partial charge in [0.05, 0.1) is 17.4 Å². The Hall–Kier alpha value is -2.47. The molecule has 3 aromatic heterocycles. The van der Waals surface area contributed by atoms with Gasteiger partial charge in [0, 0.05) is 48.7 Å². The lowest BCUT2D eigenvalue weighted by molar-refractivity contribution is 0.172. The summed E-state index contributed by atoms with van der Waals surface area (Å²) in [6.45, 7) is 13.5. The summed E-state index contributed by atoms with van der Waals surface area (Å²) in [5.74, 6) is 2.15. The predicted molar refractivity (Wildman–Crippen MR) is 124 cm³/mol. The molecule has 0 atom stereocenters. The molecular weight excluding hydrogens is 372 g/mol. The van der Waals surface area contributed by atoms with E-state index in [9.17, 15) is 0 Å². The standard InChI is InChI=1S/C24H34N6/c1-17(2)15-29-11-7-19(8-12-29)13-27-24-26-10-6-22(28-24)21-16-30(18(3)4)23-14-25-9-5-20(21)23/h5-6,9-10,14,16-19H,7-8,11-13,15H2,1-4H3,(H,26,27,28). The fourth-order valence-corrected chi connectivity index (χ4v) is 4.45. The van der Waals surface area contributed by atoms with Crippen molar-refractivity contribution in [1.29, 1.82) is 0 Å². The van der Waals surface area contributed by atoms with Crippen LogP contribution in [0.3, 0.4) is 0 Å². The molecule has 4 heterocycles. The molecular formula is C24H34N6. The van der Waals surface area contributed by atoms with Gasteiger partial charge in [-0.05, 0) is 63.7 Å². The highest BCUT2D eigenvalue weighted by atomic mass is 15.1. The molecule has 30 heavy (non-hydrogen) atoms. The Morgan fingerprint density at radius 1 is 1.10 bits per heavy atom. The van der Waals surface area contributed by atoms with E-state index < -0.39 is 0 Å². The molecule has 1 aliphatic rings. The molecule has 0 aliphatic carbocycles. The molecule has 0 radical (unpaired) electrons. The summed E-state index contributed by atoms with van der Waals surface area (Å²) in [5.41, 5.74) is 3.23. The van der Waals surface area contributed by atoms with E-state index in [-0.39, 0.29) is 0 Å². The number of anilines is 1. The molecule has 0 bridgehead atoms. The van der Waals surface area contributed by atoms with Gasteiger partial charge in [0.25, 0.3) is 0 Å². The second-order valence-electron chi connectivity index (χ2n) is 9.22. The number of likely N-dealkylation sites (tertiary alicyclic amines) is 1. The Labute approximate surface area is 179 Å². The molecule has 6 nitrogen and oxygen atoms in total. The van der Waals surface area contributed by atoms with Crippen LogP contribution in [0.5, 0.6) is 0 Å². The predicted octanol–water partition coefficient (Wildman–Crippen LogP) is 4.85. The number of pyridine rings is 1. The molecule has 160 valence electrons. The fraction of sp³-hybridized carbons (Fsp3) is 0.542. The third-order valence-electron chi connectivity index (χ3n) is 6.00. The first-order chi connectivity index (χ1) is 14.5. The monoisotopic (exact) mass is 406 g/mol. The molecule has 4 rings (SSSR count). The maximum Gasteiger partial charge on any atom is 0.223 e. The van der Waals surface area contributed by atoms with Crippen molar-refractivity contribution < 1.29 is 0 Å². The first-order valence-electron chi connectivity index (χ1n) is 11.3. The van der Waals surface area contributed by atoms with Crippen molar-refractivity contribution in [3.8, 4) is 11.3 Å². The van der Waals surface area contributed by atoms with E-state index >= 15 is 0 Å². The van der Waals surface area contributed by atoms with E-state index in [0.29, 0.717) is 12.0 Å². The normalized spacial score (nSPS) is 16.1. The minimum absolute atomic E-state index is 0.367. The van der Waals surface area contributed by atoms with Crippen LogP contribution in [0.15, 0.2) is 36.9 Å². The van der Waals surface area contributed by atoms with Crippen molar-refractivity contribution in [3.05, 3.63) is 36.9 Å². The fourth-order valence-electron chi connectivity index (χ4n) is 4.45. The van der Waals surface area contributed by atoms with Crippen molar-refractivity contribution in [3.63, 3.8) is 0 Å². The zero-order valence-electron chi connectivity index (χ0n) is 18.7.